The van der Waals surface area contributed by atoms with Crippen molar-refractivity contribution in [2.45, 2.75) is 6.54 Å². The van der Waals surface area contributed by atoms with E-state index in [-0.39, 0.29) is 0 Å². The zero-order chi connectivity index (χ0) is 14.7. The van der Waals surface area contributed by atoms with E-state index in [0.29, 0.717) is 0 Å². The highest BCUT2D eigenvalue weighted by molar-refractivity contribution is 9.10. The summed E-state index contributed by atoms with van der Waals surface area (Å²) in [5.74, 6) is 0.895. The topological polar surface area (TPSA) is 26.2 Å². The van der Waals surface area contributed by atoms with E-state index in [1.807, 2.05) is 24.3 Å². The Bertz CT molecular complexity index is 751. The fourth-order valence-electron chi connectivity index (χ4n) is 2.42. The molecule has 1 heterocycles. The molecule has 0 aliphatic carbocycles. The Morgan fingerprint density at radius 2 is 2.00 bits per heavy atom. The van der Waals surface area contributed by atoms with E-state index in [1.165, 1.54) is 10.9 Å². The van der Waals surface area contributed by atoms with Crippen LogP contribution >= 0.6 is 15.9 Å². The Kier molecular flexibility index (Phi) is 4.15. The van der Waals surface area contributed by atoms with Crippen molar-refractivity contribution in [3.05, 3.63) is 59.2 Å². The Labute approximate surface area is 132 Å². The number of aromatic nitrogens is 1. The fourth-order valence-corrected chi connectivity index (χ4v) is 2.84. The molecule has 1 aromatic heterocycles. The molecule has 0 saturated heterocycles. The highest BCUT2D eigenvalue weighted by atomic mass is 79.9. The zero-order valence-corrected chi connectivity index (χ0v) is 13.4. The number of benzene rings is 2. The molecule has 0 fully saturated rings. The molecule has 0 amide bonds. The molecule has 0 aliphatic rings. The van der Waals surface area contributed by atoms with Gasteiger partial charge in [0, 0.05) is 40.3 Å². The number of hydrogen-bond donors (Lipinski definition) is 1. The highest BCUT2D eigenvalue weighted by Crippen LogP contribution is 2.23. The van der Waals surface area contributed by atoms with Crippen LogP contribution in [0.15, 0.2) is 59.2 Å². The number of hydrogen-bond acceptors (Lipinski definition) is 2. The normalized spacial score (nSPS) is 10.8. The van der Waals surface area contributed by atoms with E-state index in [0.717, 1.165) is 29.0 Å². The smallest absolute Gasteiger partial charge is 0.119 e. The summed E-state index contributed by atoms with van der Waals surface area (Å²) in [7, 11) is 1.69. The van der Waals surface area contributed by atoms with Crippen LogP contribution in [0.1, 0.15) is 0 Å². The van der Waals surface area contributed by atoms with Gasteiger partial charge in [-0.1, -0.05) is 12.1 Å². The number of para-hydroxylation sites is 1. The molecule has 0 atom stereocenters. The van der Waals surface area contributed by atoms with Crippen molar-refractivity contribution < 1.29 is 4.74 Å². The van der Waals surface area contributed by atoms with Crippen LogP contribution in [0.25, 0.3) is 10.9 Å². The van der Waals surface area contributed by atoms with Crippen molar-refractivity contribution in [2.75, 3.05) is 19.0 Å². The van der Waals surface area contributed by atoms with E-state index >= 15 is 0 Å². The number of ether oxygens (including phenoxy) is 1. The van der Waals surface area contributed by atoms with Crippen LogP contribution in [0.5, 0.6) is 5.75 Å². The molecule has 0 unspecified atom stereocenters. The molecule has 0 radical (unpaired) electrons. The minimum absolute atomic E-state index is 0.873. The first-order valence-electron chi connectivity index (χ1n) is 6.89. The standard InChI is InChI=1S/C17H17BrN2O/c1-21-14-6-7-17-13(12-14)8-10-20(17)11-9-19-16-5-3-2-4-15(16)18/h2-8,10,12,19H,9,11H2,1H3. The number of anilines is 1. The van der Waals surface area contributed by atoms with E-state index in [4.69, 9.17) is 4.74 Å². The zero-order valence-electron chi connectivity index (χ0n) is 11.8. The third-order valence-electron chi connectivity index (χ3n) is 3.52. The van der Waals surface area contributed by atoms with Gasteiger partial charge >= 0.3 is 0 Å². The summed E-state index contributed by atoms with van der Waals surface area (Å²) >= 11 is 3.55. The molecule has 2 aromatic carbocycles. The van der Waals surface area contributed by atoms with Gasteiger partial charge in [-0.05, 0) is 52.3 Å². The predicted molar refractivity (Wildman–Crippen MR) is 91.1 cm³/mol. The Hall–Kier alpha value is -1.94. The molecule has 108 valence electrons. The average Bonchev–Trinajstić information content (AvgIpc) is 2.91. The molecule has 21 heavy (non-hydrogen) atoms. The van der Waals surface area contributed by atoms with Gasteiger partial charge in [0.2, 0.25) is 0 Å². The molecule has 3 nitrogen and oxygen atoms in total. The molecular weight excluding hydrogens is 328 g/mol. The lowest BCUT2D eigenvalue weighted by atomic mass is 10.2. The second-order valence-electron chi connectivity index (χ2n) is 4.84. The Balaban J connectivity index is 1.70. The summed E-state index contributed by atoms with van der Waals surface area (Å²) in [4.78, 5) is 0. The van der Waals surface area contributed by atoms with Crippen LogP contribution in [-0.2, 0) is 6.54 Å². The van der Waals surface area contributed by atoms with Gasteiger partial charge in [-0.25, -0.2) is 0 Å². The maximum atomic E-state index is 5.26. The van der Waals surface area contributed by atoms with Gasteiger partial charge < -0.3 is 14.6 Å². The average molecular weight is 345 g/mol. The van der Waals surface area contributed by atoms with Gasteiger partial charge in [-0.15, -0.1) is 0 Å². The predicted octanol–water partition coefficient (Wildman–Crippen LogP) is 4.52. The quantitative estimate of drug-likeness (QED) is 0.736. The van der Waals surface area contributed by atoms with Crippen molar-refractivity contribution in [3.63, 3.8) is 0 Å². The van der Waals surface area contributed by atoms with Gasteiger partial charge in [-0.2, -0.15) is 0 Å². The third kappa shape index (κ3) is 3.05. The van der Waals surface area contributed by atoms with Crippen molar-refractivity contribution in [3.8, 4) is 5.75 Å². The minimum Gasteiger partial charge on any atom is -0.497 e. The van der Waals surface area contributed by atoms with Crippen molar-refractivity contribution >= 4 is 32.5 Å². The lowest BCUT2D eigenvalue weighted by molar-refractivity contribution is 0.415. The molecule has 3 rings (SSSR count). The van der Waals surface area contributed by atoms with E-state index in [1.54, 1.807) is 7.11 Å². The largest absolute Gasteiger partial charge is 0.497 e. The number of methoxy groups -OCH3 is 1. The molecule has 0 spiro atoms. The van der Waals surface area contributed by atoms with Gasteiger partial charge in [0.25, 0.3) is 0 Å². The summed E-state index contributed by atoms with van der Waals surface area (Å²) in [5.41, 5.74) is 2.35. The van der Waals surface area contributed by atoms with Crippen LogP contribution < -0.4 is 10.1 Å². The number of fused-ring (bicyclic) bond motifs is 1. The lowest BCUT2D eigenvalue weighted by Crippen LogP contribution is -2.09. The van der Waals surface area contributed by atoms with Crippen LogP contribution in [-0.4, -0.2) is 18.2 Å². The summed E-state index contributed by atoms with van der Waals surface area (Å²) in [6.45, 7) is 1.79. The fraction of sp³-hybridized carbons (Fsp3) is 0.176. The summed E-state index contributed by atoms with van der Waals surface area (Å²) in [5, 5.41) is 4.65. The summed E-state index contributed by atoms with van der Waals surface area (Å²) in [6.07, 6.45) is 2.12. The van der Waals surface area contributed by atoms with Gasteiger partial charge in [0.15, 0.2) is 0 Å². The van der Waals surface area contributed by atoms with Crippen LogP contribution in [0.4, 0.5) is 5.69 Å². The third-order valence-corrected chi connectivity index (χ3v) is 4.21. The van der Waals surface area contributed by atoms with E-state index < -0.39 is 0 Å². The maximum absolute atomic E-state index is 5.26. The molecule has 0 aliphatic heterocycles. The molecule has 0 saturated carbocycles. The summed E-state index contributed by atoms with van der Waals surface area (Å²) < 4.78 is 8.60. The SMILES string of the molecule is COc1ccc2c(ccn2CCNc2ccccc2Br)c1. The number of halogens is 1. The first kappa shape index (κ1) is 14.0. The van der Waals surface area contributed by atoms with Gasteiger partial charge in [0.1, 0.15) is 5.75 Å². The van der Waals surface area contributed by atoms with Gasteiger partial charge in [0.05, 0.1) is 7.11 Å². The van der Waals surface area contributed by atoms with Crippen molar-refractivity contribution in [1.82, 2.24) is 4.57 Å². The molecular formula is C17H17BrN2O. The molecule has 0 bridgehead atoms. The van der Waals surface area contributed by atoms with E-state index in [9.17, 15) is 0 Å². The second kappa shape index (κ2) is 6.22. The van der Waals surface area contributed by atoms with Crippen molar-refractivity contribution in [1.29, 1.82) is 0 Å². The molecule has 4 heteroatoms. The van der Waals surface area contributed by atoms with Crippen molar-refractivity contribution in [2.24, 2.45) is 0 Å². The van der Waals surface area contributed by atoms with Crippen LogP contribution in [0.3, 0.4) is 0 Å². The summed E-state index contributed by atoms with van der Waals surface area (Å²) in [6, 6.07) is 16.4. The monoisotopic (exact) mass is 344 g/mol. The maximum Gasteiger partial charge on any atom is 0.119 e. The minimum atomic E-state index is 0.873. The molecule has 1 N–H and O–H groups in total. The first-order valence-corrected chi connectivity index (χ1v) is 7.68. The van der Waals surface area contributed by atoms with Gasteiger partial charge in [-0.3, -0.25) is 0 Å². The number of rotatable bonds is 5. The first-order chi connectivity index (χ1) is 10.3. The number of nitrogens with zero attached hydrogens (tertiary/aromatic N) is 1. The lowest BCUT2D eigenvalue weighted by Gasteiger charge is -2.10. The number of nitrogens with one attached hydrogen (secondary N) is 1. The van der Waals surface area contributed by atoms with Crippen LogP contribution in [0.2, 0.25) is 0 Å². The van der Waals surface area contributed by atoms with Crippen LogP contribution in [0, 0.1) is 0 Å². The Morgan fingerprint density at radius 3 is 2.81 bits per heavy atom. The van der Waals surface area contributed by atoms with E-state index in [2.05, 4.69) is 56.3 Å². The second-order valence-corrected chi connectivity index (χ2v) is 5.69. The molecule has 3 aromatic rings. The highest BCUT2D eigenvalue weighted by Gasteiger charge is 2.03. The Morgan fingerprint density at radius 1 is 1.14 bits per heavy atom.